The zero-order chi connectivity index (χ0) is 16.7. The zero-order valence-corrected chi connectivity index (χ0v) is 15.6. The summed E-state index contributed by atoms with van der Waals surface area (Å²) in [7, 11) is 3.74. The van der Waals surface area contributed by atoms with Crippen molar-refractivity contribution >= 4 is 5.96 Å². The topological polar surface area (TPSA) is 40.1 Å². The molecule has 23 heavy (non-hydrogen) atoms. The Labute approximate surface area is 141 Å². The van der Waals surface area contributed by atoms with E-state index < -0.39 is 0 Å². The van der Waals surface area contributed by atoms with Crippen LogP contribution >= 0.6 is 0 Å². The number of nitrogens with one attached hydrogen (secondary N) is 1. The van der Waals surface area contributed by atoms with Crippen LogP contribution in [0, 0.1) is 5.41 Å². The molecule has 3 fully saturated rings. The maximum atomic E-state index is 5.74. The van der Waals surface area contributed by atoms with E-state index in [2.05, 4.69) is 40.9 Å². The van der Waals surface area contributed by atoms with Crippen LogP contribution in [0.25, 0.3) is 0 Å². The van der Waals surface area contributed by atoms with Gasteiger partial charge in [-0.1, -0.05) is 13.8 Å². The molecule has 2 heterocycles. The lowest BCUT2D eigenvalue weighted by Gasteiger charge is -2.59. The van der Waals surface area contributed by atoms with Crippen LogP contribution in [0.15, 0.2) is 4.99 Å². The normalized spacial score (nSPS) is 38.0. The van der Waals surface area contributed by atoms with Gasteiger partial charge >= 0.3 is 0 Å². The van der Waals surface area contributed by atoms with Crippen LogP contribution in [0.4, 0.5) is 0 Å². The van der Waals surface area contributed by atoms with E-state index in [0.717, 1.165) is 31.5 Å². The zero-order valence-electron chi connectivity index (χ0n) is 15.6. The molecule has 2 saturated heterocycles. The monoisotopic (exact) mass is 322 g/mol. The molecular formula is C18H34N4O. The number of ether oxygens (including phenoxy) is 1. The van der Waals surface area contributed by atoms with Crippen molar-refractivity contribution in [2.45, 2.75) is 64.1 Å². The quantitative estimate of drug-likeness (QED) is 0.637. The summed E-state index contributed by atoms with van der Waals surface area (Å²) in [6, 6.07) is 1.15. The maximum absolute atomic E-state index is 5.74. The Morgan fingerprint density at radius 3 is 2.43 bits per heavy atom. The summed E-state index contributed by atoms with van der Waals surface area (Å²) in [5.41, 5.74) is 0.0817. The number of likely N-dealkylation sites (tertiary alicyclic amines) is 2. The van der Waals surface area contributed by atoms with Gasteiger partial charge < -0.3 is 15.0 Å². The van der Waals surface area contributed by atoms with Gasteiger partial charge in [-0.3, -0.25) is 9.89 Å². The predicted molar refractivity (Wildman–Crippen MR) is 94.9 cm³/mol. The molecule has 0 amide bonds. The third kappa shape index (κ3) is 2.86. The first kappa shape index (κ1) is 17.0. The van der Waals surface area contributed by atoms with Crippen LogP contribution in [0.2, 0.25) is 0 Å². The Bertz CT molecular complexity index is 458. The van der Waals surface area contributed by atoms with Gasteiger partial charge in [0.05, 0.1) is 5.60 Å². The molecule has 0 aromatic carbocycles. The Morgan fingerprint density at radius 2 is 1.87 bits per heavy atom. The first-order valence-corrected chi connectivity index (χ1v) is 9.19. The molecule has 1 saturated carbocycles. The summed E-state index contributed by atoms with van der Waals surface area (Å²) in [6.45, 7) is 11.6. The van der Waals surface area contributed by atoms with Gasteiger partial charge in [-0.2, -0.15) is 0 Å². The Balaban J connectivity index is 1.57. The van der Waals surface area contributed by atoms with E-state index in [4.69, 9.17) is 4.74 Å². The van der Waals surface area contributed by atoms with Gasteiger partial charge in [0.25, 0.3) is 0 Å². The molecule has 3 atom stereocenters. The van der Waals surface area contributed by atoms with Crippen LogP contribution in [-0.4, -0.2) is 73.8 Å². The highest BCUT2D eigenvalue weighted by molar-refractivity contribution is 5.80. The van der Waals surface area contributed by atoms with Crippen molar-refractivity contribution in [2.75, 3.05) is 40.3 Å². The summed E-state index contributed by atoms with van der Waals surface area (Å²) in [6.07, 6.45) is 5.05. The molecule has 3 unspecified atom stereocenters. The standard InChI is InChI=1S/C18H34N4O/c1-17(2)15(12-18(17,3)23-5)20-16(19-4)22-11-8-14(13-22)21-9-6-7-10-21/h14-15H,6-13H2,1-5H3,(H,19,20). The van der Waals surface area contributed by atoms with Crippen molar-refractivity contribution in [1.82, 2.24) is 15.1 Å². The van der Waals surface area contributed by atoms with Crippen LogP contribution < -0.4 is 5.32 Å². The lowest BCUT2D eigenvalue weighted by Crippen LogP contribution is -2.69. The molecule has 5 nitrogen and oxygen atoms in total. The van der Waals surface area contributed by atoms with Crippen LogP contribution in [0.1, 0.15) is 46.5 Å². The van der Waals surface area contributed by atoms with Gasteiger partial charge in [-0.25, -0.2) is 0 Å². The number of guanidine groups is 1. The third-order valence-corrected chi connectivity index (χ3v) is 6.91. The minimum Gasteiger partial charge on any atom is -0.378 e. The van der Waals surface area contributed by atoms with E-state index in [-0.39, 0.29) is 11.0 Å². The number of rotatable bonds is 3. The van der Waals surface area contributed by atoms with Gasteiger partial charge in [0.1, 0.15) is 0 Å². The fraction of sp³-hybridized carbons (Fsp3) is 0.944. The lowest BCUT2D eigenvalue weighted by atomic mass is 9.56. The van der Waals surface area contributed by atoms with Gasteiger partial charge in [0, 0.05) is 44.7 Å². The van der Waals surface area contributed by atoms with E-state index in [9.17, 15) is 0 Å². The smallest absolute Gasteiger partial charge is 0.193 e. The van der Waals surface area contributed by atoms with Crippen molar-refractivity contribution in [3.05, 3.63) is 0 Å². The first-order chi connectivity index (χ1) is 10.9. The highest BCUT2D eigenvalue weighted by atomic mass is 16.5. The molecule has 0 aromatic rings. The number of methoxy groups -OCH3 is 1. The Hall–Kier alpha value is -0.810. The number of nitrogens with zero attached hydrogens (tertiary/aromatic N) is 3. The predicted octanol–water partition coefficient (Wildman–Crippen LogP) is 1.94. The Morgan fingerprint density at radius 1 is 1.17 bits per heavy atom. The fourth-order valence-electron chi connectivity index (χ4n) is 4.52. The van der Waals surface area contributed by atoms with Gasteiger partial charge in [0.2, 0.25) is 0 Å². The molecule has 1 aliphatic carbocycles. The molecule has 132 valence electrons. The second-order valence-electron chi connectivity index (χ2n) is 8.24. The van der Waals surface area contributed by atoms with E-state index in [0.29, 0.717) is 6.04 Å². The highest BCUT2D eigenvalue weighted by Crippen LogP contribution is 2.51. The summed E-state index contributed by atoms with van der Waals surface area (Å²) in [4.78, 5) is 9.68. The van der Waals surface area contributed by atoms with Gasteiger partial charge in [-0.15, -0.1) is 0 Å². The van der Waals surface area contributed by atoms with Crippen molar-refractivity contribution in [3.8, 4) is 0 Å². The van der Waals surface area contributed by atoms with Crippen molar-refractivity contribution < 1.29 is 4.74 Å². The summed E-state index contributed by atoms with van der Waals surface area (Å²) in [5.74, 6) is 1.07. The van der Waals surface area contributed by atoms with E-state index in [1.54, 1.807) is 0 Å². The molecule has 0 radical (unpaired) electrons. The average Bonchev–Trinajstić information content (AvgIpc) is 3.21. The minimum atomic E-state index is -0.0351. The summed E-state index contributed by atoms with van der Waals surface area (Å²) < 4.78 is 5.74. The number of hydrogen-bond donors (Lipinski definition) is 1. The van der Waals surface area contributed by atoms with Crippen LogP contribution in [0.5, 0.6) is 0 Å². The van der Waals surface area contributed by atoms with Crippen molar-refractivity contribution in [1.29, 1.82) is 0 Å². The maximum Gasteiger partial charge on any atom is 0.193 e. The second-order valence-corrected chi connectivity index (χ2v) is 8.24. The second kappa shape index (κ2) is 6.25. The highest BCUT2D eigenvalue weighted by Gasteiger charge is 2.58. The lowest BCUT2D eigenvalue weighted by molar-refractivity contribution is -0.176. The first-order valence-electron chi connectivity index (χ1n) is 9.19. The molecule has 3 aliphatic rings. The fourth-order valence-corrected chi connectivity index (χ4v) is 4.52. The molecule has 0 spiro atoms. The molecule has 5 heteroatoms. The van der Waals surface area contributed by atoms with Crippen LogP contribution in [-0.2, 0) is 4.74 Å². The van der Waals surface area contributed by atoms with Gasteiger partial charge in [-0.05, 0) is 45.7 Å². The van der Waals surface area contributed by atoms with Crippen molar-refractivity contribution in [3.63, 3.8) is 0 Å². The van der Waals surface area contributed by atoms with E-state index in [1.807, 2.05) is 14.2 Å². The van der Waals surface area contributed by atoms with E-state index >= 15 is 0 Å². The molecule has 1 N–H and O–H groups in total. The molecule has 3 rings (SSSR count). The largest absolute Gasteiger partial charge is 0.378 e. The molecule has 2 aliphatic heterocycles. The third-order valence-electron chi connectivity index (χ3n) is 6.91. The van der Waals surface area contributed by atoms with Crippen LogP contribution in [0.3, 0.4) is 0 Å². The average molecular weight is 322 g/mol. The van der Waals surface area contributed by atoms with Crippen molar-refractivity contribution in [2.24, 2.45) is 10.4 Å². The number of aliphatic imine (C=N–C) groups is 1. The van der Waals surface area contributed by atoms with Gasteiger partial charge in [0.15, 0.2) is 5.96 Å². The molecule has 0 aromatic heterocycles. The molecule has 0 bridgehead atoms. The minimum absolute atomic E-state index is 0.0351. The SMILES string of the molecule is CN=C(NC1CC(C)(OC)C1(C)C)N1CCC(N2CCCC2)C1. The molecular weight excluding hydrogens is 288 g/mol. The summed E-state index contributed by atoms with van der Waals surface area (Å²) >= 11 is 0. The Kier molecular flexibility index (Phi) is 4.62. The van der Waals surface area contributed by atoms with E-state index in [1.165, 1.54) is 32.4 Å². The summed E-state index contributed by atoms with van der Waals surface area (Å²) in [5, 5.41) is 3.71. The number of hydrogen-bond acceptors (Lipinski definition) is 3.